The number of nitrogens with two attached hydrogens (primary N) is 1. The van der Waals surface area contributed by atoms with Crippen molar-refractivity contribution in [3.05, 3.63) is 0 Å². The molecule has 0 radical (unpaired) electrons. The molecule has 2 unspecified atom stereocenters. The van der Waals surface area contributed by atoms with Crippen LogP contribution in [0.2, 0.25) is 0 Å². The summed E-state index contributed by atoms with van der Waals surface area (Å²) >= 11 is 0. The van der Waals surface area contributed by atoms with Crippen molar-refractivity contribution in [1.82, 2.24) is 5.32 Å². The predicted molar refractivity (Wildman–Crippen MR) is 76.2 cm³/mol. The Hall–Kier alpha value is -0.570. The first-order chi connectivity index (χ1) is 8.16. The second-order valence-corrected chi connectivity index (χ2v) is 7.52. The molecular formula is C15H30N2O. The summed E-state index contributed by atoms with van der Waals surface area (Å²) in [7, 11) is 0. The van der Waals surface area contributed by atoms with E-state index in [4.69, 9.17) is 5.73 Å². The van der Waals surface area contributed by atoms with Gasteiger partial charge in [-0.1, -0.05) is 27.7 Å². The fourth-order valence-corrected chi connectivity index (χ4v) is 2.84. The van der Waals surface area contributed by atoms with Gasteiger partial charge in [-0.05, 0) is 43.4 Å². The average molecular weight is 254 g/mol. The zero-order valence-electron chi connectivity index (χ0n) is 12.7. The van der Waals surface area contributed by atoms with Crippen molar-refractivity contribution in [3.63, 3.8) is 0 Å². The minimum atomic E-state index is -0.182. The second-order valence-electron chi connectivity index (χ2n) is 7.52. The van der Waals surface area contributed by atoms with E-state index in [1.807, 2.05) is 0 Å². The van der Waals surface area contributed by atoms with Crippen LogP contribution in [-0.2, 0) is 4.79 Å². The van der Waals surface area contributed by atoms with Crippen molar-refractivity contribution in [2.75, 3.05) is 6.54 Å². The van der Waals surface area contributed by atoms with E-state index in [1.165, 1.54) is 12.8 Å². The molecule has 1 aliphatic carbocycles. The lowest BCUT2D eigenvalue weighted by molar-refractivity contribution is -0.124. The molecule has 2 atom stereocenters. The lowest BCUT2D eigenvalue weighted by Gasteiger charge is -2.30. The zero-order valence-corrected chi connectivity index (χ0v) is 12.7. The van der Waals surface area contributed by atoms with E-state index in [2.05, 4.69) is 39.9 Å². The molecular weight excluding hydrogens is 224 g/mol. The number of nitrogens with one attached hydrogen (secondary N) is 1. The Morgan fingerprint density at radius 2 is 1.89 bits per heavy atom. The summed E-state index contributed by atoms with van der Waals surface area (Å²) < 4.78 is 0. The molecule has 1 amide bonds. The molecule has 1 rings (SSSR count). The van der Waals surface area contributed by atoms with E-state index in [0.717, 1.165) is 6.42 Å². The summed E-state index contributed by atoms with van der Waals surface area (Å²) in [5, 5.41) is 3.16. The lowest BCUT2D eigenvalue weighted by Crippen LogP contribution is -2.53. The molecule has 106 valence electrons. The van der Waals surface area contributed by atoms with Crippen LogP contribution in [-0.4, -0.2) is 18.0 Å². The van der Waals surface area contributed by atoms with Crippen LogP contribution in [0, 0.1) is 17.3 Å². The fraction of sp³-hybridized carbons (Fsp3) is 0.933. The topological polar surface area (TPSA) is 55.1 Å². The number of hydrogen-bond donors (Lipinski definition) is 2. The van der Waals surface area contributed by atoms with Crippen LogP contribution in [0.1, 0.15) is 60.3 Å². The highest BCUT2D eigenvalue weighted by atomic mass is 16.1. The number of rotatable bonds is 6. The van der Waals surface area contributed by atoms with Gasteiger partial charge in [0.05, 0.1) is 5.54 Å². The van der Waals surface area contributed by atoms with Gasteiger partial charge >= 0.3 is 0 Å². The third kappa shape index (κ3) is 4.97. The molecule has 3 heteroatoms. The van der Waals surface area contributed by atoms with Crippen LogP contribution in [0.15, 0.2) is 0 Å². The van der Waals surface area contributed by atoms with Crippen LogP contribution in [0.25, 0.3) is 0 Å². The molecule has 0 bridgehead atoms. The predicted octanol–water partition coefficient (Wildman–Crippen LogP) is 2.69. The first kappa shape index (κ1) is 15.5. The van der Waals surface area contributed by atoms with Gasteiger partial charge in [-0.25, -0.2) is 0 Å². The van der Waals surface area contributed by atoms with Gasteiger partial charge in [0.1, 0.15) is 0 Å². The molecule has 0 aliphatic heterocycles. The Balaban J connectivity index is 2.41. The number of hydrogen-bond acceptors (Lipinski definition) is 2. The van der Waals surface area contributed by atoms with E-state index < -0.39 is 0 Å². The molecule has 0 spiro atoms. The Bertz CT molecular complexity index is 291. The van der Waals surface area contributed by atoms with E-state index >= 15 is 0 Å². The summed E-state index contributed by atoms with van der Waals surface area (Å²) in [6.45, 7) is 11.4. The maximum absolute atomic E-state index is 12.1. The van der Waals surface area contributed by atoms with E-state index in [1.54, 1.807) is 0 Å². The van der Waals surface area contributed by atoms with Gasteiger partial charge in [0.2, 0.25) is 5.91 Å². The quantitative estimate of drug-likeness (QED) is 0.765. The Kier molecular flexibility index (Phi) is 4.82. The third-order valence-corrected chi connectivity index (χ3v) is 3.82. The molecule has 0 aromatic carbocycles. The lowest BCUT2D eigenvalue weighted by atomic mass is 9.84. The van der Waals surface area contributed by atoms with Gasteiger partial charge in [0.15, 0.2) is 0 Å². The molecule has 1 fully saturated rings. The van der Waals surface area contributed by atoms with E-state index in [0.29, 0.717) is 24.8 Å². The van der Waals surface area contributed by atoms with Gasteiger partial charge in [-0.3, -0.25) is 4.79 Å². The standard InChI is InChI=1S/C15H30N2O/c1-11(9-14(2,3)4)8-13(18)17-15(5,10-16)12-6-7-12/h11-12H,6-10,16H2,1-5H3,(H,17,18). The molecule has 1 saturated carbocycles. The summed E-state index contributed by atoms with van der Waals surface area (Å²) in [4.78, 5) is 12.1. The highest BCUT2D eigenvalue weighted by Gasteiger charge is 2.41. The van der Waals surface area contributed by atoms with Gasteiger partial charge in [-0.15, -0.1) is 0 Å². The Morgan fingerprint density at radius 1 is 1.33 bits per heavy atom. The minimum absolute atomic E-state index is 0.159. The van der Waals surface area contributed by atoms with Crippen LogP contribution in [0.5, 0.6) is 0 Å². The highest BCUT2D eigenvalue weighted by Crippen LogP contribution is 2.39. The molecule has 3 N–H and O–H groups in total. The third-order valence-electron chi connectivity index (χ3n) is 3.82. The average Bonchev–Trinajstić information content (AvgIpc) is 2.96. The molecule has 0 heterocycles. The van der Waals surface area contributed by atoms with Crippen LogP contribution < -0.4 is 11.1 Å². The van der Waals surface area contributed by atoms with Crippen molar-refractivity contribution in [2.24, 2.45) is 23.0 Å². The van der Waals surface area contributed by atoms with Crippen molar-refractivity contribution >= 4 is 5.91 Å². The maximum atomic E-state index is 12.1. The highest BCUT2D eigenvalue weighted by molar-refractivity contribution is 5.77. The molecule has 18 heavy (non-hydrogen) atoms. The van der Waals surface area contributed by atoms with Crippen LogP contribution in [0.3, 0.4) is 0 Å². The largest absolute Gasteiger partial charge is 0.349 e. The SMILES string of the molecule is CC(CC(=O)NC(C)(CN)C1CC1)CC(C)(C)C. The summed E-state index contributed by atoms with van der Waals surface area (Å²) in [6, 6.07) is 0. The zero-order chi connectivity index (χ0) is 14.0. The summed E-state index contributed by atoms with van der Waals surface area (Å²) in [5.74, 6) is 1.17. The van der Waals surface area contributed by atoms with Gasteiger partial charge in [0, 0.05) is 13.0 Å². The summed E-state index contributed by atoms with van der Waals surface area (Å²) in [6.07, 6.45) is 4.08. The van der Waals surface area contributed by atoms with Gasteiger partial charge in [-0.2, -0.15) is 0 Å². The van der Waals surface area contributed by atoms with Crippen molar-refractivity contribution < 1.29 is 4.79 Å². The number of carbonyl (C=O) groups excluding carboxylic acids is 1. The Labute approximate surface area is 112 Å². The van der Waals surface area contributed by atoms with E-state index in [-0.39, 0.29) is 16.9 Å². The minimum Gasteiger partial charge on any atom is -0.349 e. The molecule has 3 nitrogen and oxygen atoms in total. The monoisotopic (exact) mass is 254 g/mol. The second kappa shape index (κ2) is 5.60. The normalized spacial score (nSPS) is 21.2. The van der Waals surface area contributed by atoms with Crippen LogP contribution >= 0.6 is 0 Å². The molecule has 1 aliphatic rings. The van der Waals surface area contributed by atoms with Crippen molar-refractivity contribution in [2.45, 2.75) is 65.8 Å². The molecule has 0 aromatic heterocycles. The molecule has 0 aromatic rings. The first-order valence-electron chi connectivity index (χ1n) is 7.17. The van der Waals surface area contributed by atoms with Crippen LogP contribution in [0.4, 0.5) is 0 Å². The maximum Gasteiger partial charge on any atom is 0.220 e. The first-order valence-corrected chi connectivity index (χ1v) is 7.17. The smallest absolute Gasteiger partial charge is 0.220 e. The summed E-state index contributed by atoms with van der Waals surface area (Å²) in [5.41, 5.74) is 5.92. The Morgan fingerprint density at radius 3 is 2.28 bits per heavy atom. The van der Waals surface area contributed by atoms with Crippen molar-refractivity contribution in [3.8, 4) is 0 Å². The van der Waals surface area contributed by atoms with Crippen molar-refractivity contribution in [1.29, 1.82) is 0 Å². The molecule has 0 saturated heterocycles. The van der Waals surface area contributed by atoms with Gasteiger partial charge < -0.3 is 11.1 Å². The number of amides is 1. The van der Waals surface area contributed by atoms with E-state index in [9.17, 15) is 4.79 Å². The van der Waals surface area contributed by atoms with Gasteiger partial charge in [0.25, 0.3) is 0 Å². The fourth-order valence-electron chi connectivity index (χ4n) is 2.84. The number of carbonyl (C=O) groups is 1.